The van der Waals surface area contributed by atoms with Gasteiger partial charge in [0.25, 0.3) is 0 Å². The molecule has 0 aliphatic heterocycles. The number of carbonyl (C=O) groups excluding carboxylic acids is 1. The van der Waals surface area contributed by atoms with Crippen LogP contribution in [0.25, 0.3) is 0 Å². The van der Waals surface area contributed by atoms with Crippen LogP contribution < -0.4 is 15.4 Å². The van der Waals surface area contributed by atoms with Crippen LogP contribution in [0.15, 0.2) is 23.2 Å². The summed E-state index contributed by atoms with van der Waals surface area (Å²) >= 11 is 0. The number of carbonyl (C=O) groups is 1. The number of ether oxygens (including phenoxy) is 1. The highest BCUT2D eigenvalue weighted by Crippen LogP contribution is 2.18. The summed E-state index contributed by atoms with van der Waals surface area (Å²) in [5.41, 5.74) is 0.711. The number of rotatable bonds is 6. The van der Waals surface area contributed by atoms with Crippen LogP contribution in [0.3, 0.4) is 0 Å². The summed E-state index contributed by atoms with van der Waals surface area (Å²) in [4.78, 5) is 17.8. The number of guanidine groups is 1. The third kappa shape index (κ3) is 7.35. The molecule has 1 aliphatic rings. The Hall–Kier alpha value is -1.58. The average molecular weight is 478 g/mol. The third-order valence-electron chi connectivity index (χ3n) is 4.19. The van der Waals surface area contributed by atoms with Crippen LogP contribution in [-0.4, -0.2) is 50.6 Å². The molecule has 1 saturated carbocycles. The predicted octanol–water partition coefficient (Wildman–Crippen LogP) is 2.52. The van der Waals surface area contributed by atoms with E-state index < -0.39 is 0 Å². The number of amides is 1. The lowest BCUT2D eigenvalue weighted by Gasteiger charge is -2.18. The van der Waals surface area contributed by atoms with E-state index in [1.165, 1.54) is 37.0 Å². The molecule has 1 amide bonds. The molecule has 0 radical (unpaired) electrons. The van der Waals surface area contributed by atoms with Crippen molar-refractivity contribution in [3.05, 3.63) is 29.6 Å². The number of nitrogens with one attached hydrogen (secondary N) is 2. The first-order valence-corrected chi connectivity index (χ1v) is 8.56. The zero-order valence-electron chi connectivity index (χ0n) is 15.5. The van der Waals surface area contributed by atoms with Gasteiger partial charge in [0, 0.05) is 26.2 Å². The molecule has 0 aromatic heterocycles. The molecule has 1 aliphatic carbocycles. The van der Waals surface area contributed by atoms with Crippen LogP contribution in [0.2, 0.25) is 0 Å². The van der Waals surface area contributed by atoms with Crippen molar-refractivity contribution in [3.63, 3.8) is 0 Å². The van der Waals surface area contributed by atoms with Crippen molar-refractivity contribution in [3.8, 4) is 5.75 Å². The summed E-state index contributed by atoms with van der Waals surface area (Å²) in [6.07, 6.45) is 4.58. The van der Waals surface area contributed by atoms with Crippen molar-refractivity contribution in [1.82, 2.24) is 15.5 Å². The van der Waals surface area contributed by atoms with E-state index in [1.54, 1.807) is 20.2 Å². The lowest BCUT2D eigenvalue weighted by atomic mass is 10.2. The Morgan fingerprint density at radius 2 is 2.00 bits per heavy atom. The van der Waals surface area contributed by atoms with Crippen molar-refractivity contribution in [2.45, 2.75) is 38.3 Å². The lowest BCUT2D eigenvalue weighted by molar-refractivity contribution is -0.127. The van der Waals surface area contributed by atoms with Gasteiger partial charge in [-0.1, -0.05) is 12.8 Å². The predicted molar refractivity (Wildman–Crippen MR) is 112 cm³/mol. The van der Waals surface area contributed by atoms with E-state index in [2.05, 4.69) is 15.6 Å². The first-order chi connectivity index (χ1) is 12.0. The molecule has 0 atom stereocenters. The smallest absolute Gasteiger partial charge is 0.241 e. The SMILES string of the molecule is COc1cc(F)cc(CN=C(NCC(=O)N(C)C)NC2CCCC2)c1.I. The molecule has 1 aromatic rings. The molecule has 8 heteroatoms. The summed E-state index contributed by atoms with van der Waals surface area (Å²) < 4.78 is 18.7. The van der Waals surface area contributed by atoms with E-state index in [0.29, 0.717) is 29.9 Å². The van der Waals surface area contributed by atoms with Crippen molar-refractivity contribution < 1.29 is 13.9 Å². The highest BCUT2D eigenvalue weighted by molar-refractivity contribution is 14.0. The van der Waals surface area contributed by atoms with Crippen LogP contribution in [0.5, 0.6) is 5.75 Å². The van der Waals surface area contributed by atoms with Crippen LogP contribution >= 0.6 is 24.0 Å². The molecule has 6 nitrogen and oxygen atoms in total. The first-order valence-electron chi connectivity index (χ1n) is 8.56. The molecule has 146 valence electrons. The van der Waals surface area contributed by atoms with Crippen LogP contribution in [-0.2, 0) is 11.3 Å². The van der Waals surface area contributed by atoms with E-state index in [-0.39, 0.29) is 42.2 Å². The second-order valence-electron chi connectivity index (χ2n) is 6.43. The van der Waals surface area contributed by atoms with Crippen LogP contribution in [0, 0.1) is 5.82 Å². The lowest BCUT2D eigenvalue weighted by Crippen LogP contribution is -2.46. The molecule has 0 saturated heterocycles. The molecule has 0 spiro atoms. The highest BCUT2D eigenvalue weighted by Gasteiger charge is 2.16. The fourth-order valence-corrected chi connectivity index (χ4v) is 2.73. The Bertz CT molecular complexity index is 619. The molecular formula is C18H28FIN4O2. The zero-order valence-corrected chi connectivity index (χ0v) is 17.9. The molecule has 0 unspecified atom stereocenters. The van der Waals surface area contributed by atoms with Gasteiger partial charge < -0.3 is 20.3 Å². The van der Waals surface area contributed by atoms with Crippen molar-refractivity contribution in [2.24, 2.45) is 4.99 Å². The summed E-state index contributed by atoms with van der Waals surface area (Å²) in [5.74, 6) is 0.649. The molecule has 26 heavy (non-hydrogen) atoms. The van der Waals surface area contributed by atoms with Crippen molar-refractivity contribution in [1.29, 1.82) is 0 Å². The number of likely N-dealkylation sites (N-methyl/N-ethyl adjacent to an activating group) is 1. The fraction of sp³-hybridized carbons (Fsp3) is 0.556. The first kappa shape index (κ1) is 22.5. The summed E-state index contributed by atoms with van der Waals surface area (Å²) in [6, 6.07) is 4.89. The fourth-order valence-electron chi connectivity index (χ4n) is 2.73. The summed E-state index contributed by atoms with van der Waals surface area (Å²) in [5, 5.41) is 6.43. The topological polar surface area (TPSA) is 66.0 Å². The van der Waals surface area contributed by atoms with Gasteiger partial charge in [-0.15, -0.1) is 24.0 Å². The van der Waals surface area contributed by atoms with Crippen molar-refractivity contribution >= 4 is 35.8 Å². The van der Waals surface area contributed by atoms with Crippen molar-refractivity contribution in [2.75, 3.05) is 27.7 Å². The van der Waals surface area contributed by atoms with E-state index in [1.807, 2.05) is 0 Å². The van der Waals surface area contributed by atoms with E-state index >= 15 is 0 Å². The Labute approximate surface area is 171 Å². The van der Waals surface area contributed by atoms with E-state index in [4.69, 9.17) is 4.74 Å². The minimum absolute atomic E-state index is 0. The molecule has 0 heterocycles. The second kappa shape index (κ2) is 11.2. The van der Waals surface area contributed by atoms with Gasteiger partial charge in [-0.3, -0.25) is 4.79 Å². The maximum Gasteiger partial charge on any atom is 0.241 e. The van der Waals surface area contributed by atoms with E-state index in [0.717, 1.165) is 12.8 Å². The number of hydrogen-bond acceptors (Lipinski definition) is 3. The Balaban J connectivity index is 0.00000338. The largest absolute Gasteiger partial charge is 0.497 e. The molecule has 2 N–H and O–H groups in total. The van der Waals surface area contributed by atoms with Gasteiger partial charge in [-0.05, 0) is 30.5 Å². The minimum atomic E-state index is -0.356. The Kier molecular flexibility index (Phi) is 9.68. The van der Waals surface area contributed by atoms with Gasteiger partial charge in [0.15, 0.2) is 5.96 Å². The second-order valence-corrected chi connectivity index (χ2v) is 6.43. The van der Waals surface area contributed by atoms with Gasteiger partial charge in [0.2, 0.25) is 5.91 Å². The Morgan fingerprint density at radius 1 is 1.31 bits per heavy atom. The van der Waals surface area contributed by atoms with Gasteiger partial charge in [-0.25, -0.2) is 9.38 Å². The van der Waals surface area contributed by atoms with E-state index in [9.17, 15) is 9.18 Å². The van der Waals surface area contributed by atoms with Gasteiger partial charge in [0.05, 0.1) is 20.2 Å². The molecule has 1 fully saturated rings. The average Bonchev–Trinajstić information content (AvgIpc) is 3.09. The monoisotopic (exact) mass is 478 g/mol. The number of methoxy groups -OCH3 is 1. The molecule has 1 aromatic carbocycles. The summed E-state index contributed by atoms with van der Waals surface area (Å²) in [6.45, 7) is 0.463. The normalized spacial score (nSPS) is 14.5. The van der Waals surface area contributed by atoms with Gasteiger partial charge in [0.1, 0.15) is 11.6 Å². The standard InChI is InChI=1S/C18H27FN4O2.HI/c1-23(2)17(24)12-21-18(22-15-6-4-5-7-15)20-11-13-8-14(19)10-16(9-13)25-3;/h8-10,15H,4-7,11-12H2,1-3H3,(H2,20,21,22);1H. The number of hydrogen-bond donors (Lipinski definition) is 2. The maximum absolute atomic E-state index is 13.6. The van der Waals surface area contributed by atoms with Gasteiger partial charge >= 0.3 is 0 Å². The van der Waals surface area contributed by atoms with Crippen LogP contribution in [0.1, 0.15) is 31.2 Å². The zero-order chi connectivity index (χ0) is 18.2. The molecule has 0 bridgehead atoms. The minimum Gasteiger partial charge on any atom is -0.497 e. The van der Waals surface area contributed by atoms with Gasteiger partial charge in [-0.2, -0.15) is 0 Å². The number of halogens is 2. The quantitative estimate of drug-likeness (QED) is 0.375. The number of aliphatic imine (C=N–C) groups is 1. The van der Waals surface area contributed by atoms with Crippen LogP contribution in [0.4, 0.5) is 4.39 Å². The Morgan fingerprint density at radius 3 is 2.62 bits per heavy atom. The highest BCUT2D eigenvalue weighted by atomic mass is 127. The number of benzene rings is 1. The number of nitrogens with zero attached hydrogens (tertiary/aromatic N) is 2. The maximum atomic E-state index is 13.6. The molecular weight excluding hydrogens is 450 g/mol. The third-order valence-corrected chi connectivity index (χ3v) is 4.19. The summed E-state index contributed by atoms with van der Waals surface area (Å²) in [7, 11) is 4.93. The molecule has 2 rings (SSSR count).